The van der Waals surface area contributed by atoms with Crippen LogP contribution in [-0.4, -0.2) is 24.7 Å². The van der Waals surface area contributed by atoms with Gasteiger partial charge in [0.1, 0.15) is 5.75 Å². The monoisotopic (exact) mass is 306 g/mol. The zero-order chi connectivity index (χ0) is 15.4. The standard InChI is InChI=1S/C15H18N2O3S/c1-9-6-11(7-12(14(9)16)15(18)19-3)20-5-4-13-10(2)17-8-21-13/h6-8H,4-5,16H2,1-3H3. The highest BCUT2D eigenvalue weighted by atomic mass is 32.1. The van der Waals surface area contributed by atoms with Gasteiger partial charge in [-0.15, -0.1) is 11.3 Å². The molecule has 5 nitrogen and oxygen atoms in total. The number of carbonyl (C=O) groups is 1. The normalized spacial score (nSPS) is 10.4. The minimum Gasteiger partial charge on any atom is -0.493 e. The number of carbonyl (C=O) groups excluding carboxylic acids is 1. The molecule has 2 rings (SSSR count). The van der Waals surface area contributed by atoms with Crippen LogP contribution >= 0.6 is 11.3 Å². The van der Waals surface area contributed by atoms with Crippen molar-refractivity contribution in [1.82, 2.24) is 4.98 Å². The number of nitrogens with zero attached hydrogens (tertiary/aromatic N) is 1. The Kier molecular flexibility index (Phi) is 4.80. The summed E-state index contributed by atoms with van der Waals surface area (Å²) in [6.07, 6.45) is 0.785. The second kappa shape index (κ2) is 6.58. The third-order valence-electron chi connectivity index (χ3n) is 3.21. The quantitative estimate of drug-likeness (QED) is 0.679. The van der Waals surface area contributed by atoms with Gasteiger partial charge in [-0.3, -0.25) is 0 Å². The molecule has 112 valence electrons. The van der Waals surface area contributed by atoms with Crippen LogP contribution < -0.4 is 10.5 Å². The molecule has 0 atom stereocenters. The number of ether oxygens (including phenoxy) is 2. The Morgan fingerprint density at radius 3 is 2.76 bits per heavy atom. The van der Waals surface area contributed by atoms with Crippen molar-refractivity contribution in [2.24, 2.45) is 0 Å². The SMILES string of the molecule is COC(=O)c1cc(OCCc2scnc2C)cc(C)c1N. The maximum absolute atomic E-state index is 11.7. The highest BCUT2D eigenvalue weighted by Gasteiger charge is 2.14. The third kappa shape index (κ3) is 3.52. The summed E-state index contributed by atoms with van der Waals surface area (Å²) in [5, 5.41) is 0. The fourth-order valence-electron chi connectivity index (χ4n) is 1.96. The lowest BCUT2D eigenvalue weighted by molar-refractivity contribution is 0.0601. The van der Waals surface area contributed by atoms with Gasteiger partial charge in [0.15, 0.2) is 0 Å². The molecule has 21 heavy (non-hydrogen) atoms. The fourth-order valence-corrected chi connectivity index (χ4v) is 2.72. The van der Waals surface area contributed by atoms with Gasteiger partial charge in [0.2, 0.25) is 0 Å². The molecule has 6 heteroatoms. The van der Waals surface area contributed by atoms with Crippen LogP contribution in [0.25, 0.3) is 0 Å². The number of hydrogen-bond donors (Lipinski definition) is 1. The van der Waals surface area contributed by atoms with Gasteiger partial charge in [-0.1, -0.05) is 0 Å². The van der Waals surface area contributed by atoms with Gasteiger partial charge in [0, 0.05) is 17.0 Å². The van der Waals surface area contributed by atoms with Gasteiger partial charge in [-0.05, 0) is 31.5 Å². The van der Waals surface area contributed by atoms with Crippen LogP contribution in [0.15, 0.2) is 17.6 Å². The van der Waals surface area contributed by atoms with Gasteiger partial charge in [0.05, 0.1) is 30.5 Å². The first-order chi connectivity index (χ1) is 10.0. The van der Waals surface area contributed by atoms with Crippen LogP contribution in [0, 0.1) is 13.8 Å². The predicted molar refractivity (Wildman–Crippen MR) is 83.0 cm³/mol. The number of esters is 1. The minimum atomic E-state index is -0.459. The van der Waals surface area contributed by atoms with Crippen molar-refractivity contribution in [3.8, 4) is 5.75 Å². The van der Waals surface area contributed by atoms with Crippen LogP contribution in [-0.2, 0) is 11.2 Å². The summed E-state index contributed by atoms with van der Waals surface area (Å²) < 4.78 is 10.4. The van der Waals surface area contributed by atoms with E-state index in [0.717, 1.165) is 17.7 Å². The predicted octanol–water partition coefficient (Wildman–Crippen LogP) is 2.75. The van der Waals surface area contributed by atoms with Gasteiger partial charge in [-0.25, -0.2) is 9.78 Å². The molecular formula is C15H18N2O3S. The minimum absolute atomic E-state index is 0.335. The zero-order valence-corrected chi connectivity index (χ0v) is 13.1. The number of methoxy groups -OCH3 is 1. The molecule has 0 aliphatic rings. The van der Waals surface area contributed by atoms with Crippen molar-refractivity contribution < 1.29 is 14.3 Å². The van der Waals surface area contributed by atoms with Gasteiger partial charge in [0.25, 0.3) is 0 Å². The van der Waals surface area contributed by atoms with Gasteiger partial charge in [-0.2, -0.15) is 0 Å². The van der Waals surface area contributed by atoms with Crippen molar-refractivity contribution >= 4 is 23.0 Å². The molecule has 0 unspecified atom stereocenters. The van der Waals surface area contributed by atoms with E-state index in [1.807, 2.05) is 25.4 Å². The van der Waals surface area contributed by atoms with Gasteiger partial charge >= 0.3 is 5.97 Å². The van der Waals surface area contributed by atoms with Crippen molar-refractivity contribution in [3.63, 3.8) is 0 Å². The number of nitrogen functional groups attached to an aromatic ring is 1. The molecule has 0 radical (unpaired) electrons. The summed E-state index contributed by atoms with van der Waals surface area (Å²) in [5.74, 6) is 0.156. The number of aryl methyl sites for hydroxylation is 2. The Hall–Kier alpha value is -2.08. The maximum atomic E-state index is 11.7. The fraction of sp³-hybridized carbons (Fsp3) is 0.333. The smallest absolute Gasteiger partial charge is 0.340 e. The van der Waals surface area contributed by atoms with E-state index in [1.165, 1.54) is 12.0 Å². The summed E-state index contributed by atoms with van der Waals surface area (Å²) in [5.41, 5.74) is 10.3. The third-order valence-corrected chi connectivity index (χ3v) is 4.20. The lowest BCUT2D eigenvalue weighted by Crippen LogP contribution is -2.09. The van der Waals surface area contributed by atoms with E-state index in [-0.39, 0.29) is 0 Å². The number of benzene rings is 1. The number of rotatable bonds is 5. The van der Waals surface area contributed by atoms with Crippen molar-refractivity contribution in [2.75, 3.05) is 19.5 Å². The summed E-state index contributed by atoms with van der Waals surface area (Å²) in [6, 6.07) is 3.44. The molecule has 0 aliphatic carbocycles. The summed E-state index contributed by atoms with van der Waals surface area (Å²) in [7, 11) is 1.33. The molecule has 1 heterocycles. The van der Waals surface area contributed by atoms with Crippen molar-refractivity contribution in [2.45, 2.75) is 20.3 Å². The Labute approximate surface area is 127 Å². The molecule has 0 saturated carbocycles. The lowest BCUT2D eigenvalue weighted by atomic mass is 10.1. The highest BCUT2D eigenvalue weighted by Crippen LogP contribution is 2.25. The Bertz CT molecular complexity index is 652. The molecule has 2 aromatic rings. The summed E-state index contributed by atoms with van der Waals surface area (Å²) in [6.45, 7) is 4.34. The number of thiazole rings is 1. The molecule has 1 aromatic carbocycles. The zero-order valence-electron chi connectivity index (χ0n) is 12.3. The van der Waals surface area contributed by atoms with Crippen LogP contribution in [0.5, 0.6) is 5.75 Å². The number of hydrogen-bond acceptors (Lipinski definition) is 6. The van der Waals surface area contributed by atoms with Crippen LogP contribution in [0.4, 0.5) is 5.69 Å². The van der Waals surface area contributed by atoms with Gasteiger partial charge < -0.3 is 15.2 Å². The lowest BCUT2D eigenvalue weighted by Gasteiger charge is -2.11. The first-order valence-corrected chi connectivity index (χ1v) is 7.41. The topological polar surface area (TPSA) is 74.4 Å². The Balaban J connectivity index is 2.08. The average molecular weight is 306 g/mol. The van der Waals surface area contributed by atoms with Crippen molar-refractivity contribution in [1.29, 1.82) is 0 Å². The number of aromatic nitrogens is 1. The highest BCUT2D eigenvalue weighted by molar-refractivity contribution is 7.09. The van der Waals surface area contributed by atoms with E-state index >= 15 is 0 Å². The summed E-state index contributed by atoms with van der Waals surface area (Å²) in [4.78, 5) is 17.1. The second-order valence-electron chi connectivity index (χ2n) is 4.65. The van der Waals surface area contributed by atoms with E-state index in [4.69, 9.17) is 15.2 Å². The molecule has 0 fully saturated rings. The molecule has 2 N–H and O–H groups in total. The maximum Gasteiger partial charge on any atom is 0.340 e. The Morgan fingerprint density at radius 2 is 2.14 bits per heavy atom. The second-order valence-corrected chi connectivity index (χ2v) is 5.59. The van der Waals surface area contributed by atoms with E-state index in [2.05, 4.69) is 4.98 Å². The van der Waals surface area contributed by atoms with Crippen LogP contribution in [0.1, 0.15) is 26.5 Å². The first-order valence-electron chi connectivity index (χ1n) is 6.53. The van der Waals surface area contributed by atoms with E-state index in [1.54, 1.807) is 17.4 Å². The molecule has 1 aromatic heterocycles. The number of nitrogens with two attached hydrogens (primary N) is 1. The van der Waals surface area contributed by atoms with E-state index in [9.17, 15) is 4.79 Å². The van der Waals surface area contributed by atoms with Crippen LogP contribution in [0.2, 0.25) is 0 Å². The van der Waals surface area contributed by atoms with E-state index in [0.29, 0.717) is 23.6 Å². The average Bonchev–Trinajstić information content (AvgIpc) is 2.87. The molecule has 0 spiro atoms. The number of anilines is 1. The first kappa shape index (κ1) is 15.3. The molecule has 0 amide bonds. The molecule has 0 aliphatic heterocycles. The summed E-state index contributed by atoms with van der Waals surface area (Å²) >= 11 is 1.62. The molecule has 0 bridgehead atoms. The molecular weight excluding hydrogens is 288 g/mol. The van der Waals surface area contributed by atoms with Crippen LogP contribution in [0.3, 0.4) is 0 Å². The van der Waals surface area contributed by atoms with E-state index < -0.39 is 5.97 Å². The molecule has 0 saturated heterocycles. The largest absolute Gasteiger partial charge is 0.493 e. The van der Waals surface area contributed by atoms with Crippen molar-refractivity contribution in [3.05, 3.63) is 39.3 Å². The Morgan fingerprint density at radius 1 is 1.38 bits per heavy atom.